The number of rotatable bonds is 6. The lowest BCUT2D eigenvalue weighted by Gasteiger charge is -2.10. The van der Waals surface area contributed by atoms with Gasteiger partial charge in [-0.05, 0) is 84.9 Å². The summed E-state index contributed by atoms with van der Waals surface area (Å²) >= 11 is 7.70. The van der Waals surface area contributed by atoms with Crippen LogP contribution >= 0.6 is 23.5 Å². The maximum Gasteiger partial charge on any atom is 0.416 e. The number of halogens is 4. The average molecular weight is 475 g/mol. The minimum Gasteiger partial charge on any atom is -0.316 e. The highest BCUT2D eigenvalue weighted by Crippen LogP contribution is 2.35. The molecule has 0 spiro atoms. The third kappa shape index (κ3) is 4.98. The molecule has 0 atom stereocenters. The third-order valence-corrected chi connectivity index (χ3v) is 6.57. The van der Waals surface area contributed by atoms with Gasteiger partial charge in [-0.25, -0.2) is 0 Å². The van der Waals surface area contributed by atoms with Crippen molar-refractivity contribution >= 4 is 34.5 Å². The van der Waals surface area contributed by atoms with Gasteiger partial charge in [0.15, 0.2) is 0 Å². The highest BCUT2D eigenvalue weighted by Gasteiger charge is 2.30. The maximum atomic E-state index is 13.1. The summed E-state index contributed by atoms with van der Waals surface area (Å²) in [6, 6.07) is 17.7. The Morgan fingerprint density at radius 3 is 2.53 bits per heavy atom. The van der Waals surface area contributed by atoms with E-state index in [0.29, 0.717) is 17.9 Å². The summed E-state index contributed by atoms with van der Waals surface area (Å²) in [6.45, 7) is 2.67. The van der Waals surface area contributed by atoms with Crippen molar-refractivity contribution in [2.24, 2.45) is 0 Å². The molecule has 1 aromatic heterocycles. The van der Waals surface area contributed by atoms with Crippen LogP contribution in [-0.2, 0) is 19.1 Å². The topological polar surface area (TPSA) is 17.0 Å². The van der Waals surface area contributed by atoms with Crippen LogP contribution in [0.15, 0.2) is 71.8 Å². The second-order valence-corrected chi connectivity index (χ2v) is 9.21. The van der Waals surface area contributed by atoms with Gasteiger partial charge in [0.05, 0.1) is 11.1 Å². The number of nitrogens with zero attached hydrogens (tertiary/aromatic N) is 1. The number of hydrogen-bond donors (Lipinski definition) is 1. The molecule has 0 aliphatic carbocycles. The SMILES string of the molecule is CNCc1cn(Sc2cccc(C(F)(F)F)c2)c2cc(Cc3ccc(C)cc3Cl)ccc12. The summed E-state index contributed by atoms with van der Waals surface area (Å²) in [5.74, 6) is 0. The Morgan fingerprint density at radius 2 is 1.81 bits per heavy atom. The summed E-state index contributed by atoms with van der Waals surface area (Å²) < 4.78 is 41.4. The van der Waals surface area contributed by atoms with Crippen molar-refractivity contribution in [3.63, 3.8) is 0 Å². The predicted octanol–water partition coefficient (Wildman–Crippen LogP) is 7.49. The molecular formula is C25H22ClF3N2S. The van der Waals surface area contributed by atoms with E-state index in [9.17, 15) is 13.2 Å². The normalized spacial score (nSPS) is 11.9. The first-order chi connectivity index (χ1) is 15.2. The van der Waals surface area contributed by atoms with Crippen LogP contribution in [0.3, 0.4) is 0 Å². The first-order valence-electron chi connectivity index (χ1n) is 10.1. The van der Waals surface area contributed by atoms with Gasteiger partial charge in [0, 0.05) is 28.0 Å². The molecule has 7 heteroatoms. The van der Waals surface area contributed by atoms with Crippen LogP contribution in [0.2, 0.25) is 5.02 Å². The molecule has 0 radical (unpaired) electrons. The summed E-state index contributed by atoms with van der Waals surface area (Å²) in [7, 11) is 1.87. The van der Waals surface area contributed by atoms with Crippen LogP contribution in [0.25, 0.3) is 10.9 Å². The zero-order valence-electron chi connectivity index (χ0n) is 17.6. The molecular weight excluding hydrogens is 453 g/mol. The van der Waals surface area contributed by atoms with Gasteiger partial charge in [-0.1, -0.05) is 41.9 Å². The lowest BCUT2D eigenvalue weighted by molar-refractivity contribution is -0.137. The Morgan fingerprint density at radius 1 is 1.00 bits per heavy atom. The molecule has 4 aromatic rings. The minimum atomic E-state index is -4.37. The molecule has 2 nitrogen and oxygen atoms in total. The predicted molar refractivity (Wildman–Crippen MR) is 126 cm³/mol. The van der Waals surface area contributed by atoms with Crippen molar-refractivity contribution < 1.29 is 13.2 Å². The van der Waals surface area contributed by atoms with Crippen molar-refractivity contribution in [3.05, 3.63) is 99.7 Å². The molecule has 0 fully saturated rings. The fourth-order valence-corrected chi connectivity index (χ4v) is 4.96. The highest BCUT2D eigenvalue weighted by atomic mass is 35.5. The van der Waals surface area contributed by atoms with Crippen molar-refractivity contribution in [1.29, 1.82) is 0 Å². The number of aryl methyl sites for hydroxylation is 1. The van der Waals surface area contributed by atoms with E-state index < -0.39 is 11.7 Å². The lowest BCUT2D eigenvalue weighted by Crippen LogP contribution is -2.04. The van der Waals surface area contributed by atoms with Gasteiger partial charge in [-0.15, -0.1) is 0 Å². The summed E-state index contributed by atoms with van der Waals surface area (Å²) in [5, 5.41) is 4.96. The maximum absolute atomic E-state index is 13.1. The number of fused-ring (bicyclic) bond motifs is 1. The number of hydrogen-bond acceptors (Lipinski definition) is 2. The molecule has 0 aliphatic rings. The molecule has 0 bridgehead atoms. The van der Waals surface area contributed by atoms with E-state index in [1.54, 1.807) is 6.07 Å². The van der Waals surface area contributed by atoms with Crippen molar-refractivity contribution in [2.75, 3.05) is 7.05 Å². The molecule has 1 N–H and O–H groups in total. The van der Waals surface area contributed by atoms with Crippen molar-refractivity contribution in [3.8, 4) is 0 Å². The molecule has 4 rings (SSSR count). The quantitative estimate of drug-likeness (QED) is 0.312. The van der Waals surface area contributed by atoms with E-state index in [1.165, 1.54) is 24.1 Å². The monoisotopic (exact) mass is 474 g/mol. The van der Waals surface area contributed by atoms with Gasteiger partial charge >= 0.3 is 6.18 Å². The Labute approximate surface area is 194 Å². The van der Waals surface area contributed by atoms with Gasteiger partial charge in [-0.3, -0.25) is 3.97 Å². The van der Waals surface area contributed by atoms with Crippen LogP contribution in [0, 0.1) is 6.92 Å². The second kappa shape index (κ2) is 9.22. The first kappa shape index (κ1) is 22.8. The van der Waals surface area contributed by atoms with Crippen LogP contribution in [0.5, 0.6) is 0 Å². The Kier molecular flexibility index (Phi) is 6.56. The van der Waals surface area contributed by atoms with E-state index in [4.69, 9.17) is 11.6 Å². The van der Waals surface area contributed by atoms with Gasteiger partial charge < -0.3 is 5.32 Å². The van der Waals surface area contributed by atoms with E-state index in [-0.39, 0.29) is 0 Å². The van der Waals surface area contributed by atoms with E-state index in [2.05, 4.69) is 23.5 Å². The zero-order valence-corrected chi connectivity index (χ0v) is 19.2. The van der Waals surface area contributed by atoms with Crippen LogP contribution in [-0.4, -0.2) is 11.0 Å². The Balaban J connectivity index is 1.72. The molecule has 0 saturated carbocycles. The van der Waals surface area contributed by atoms with E-state index >= 15 is 0 Å². The first-order valence-corrected chi connectivity index (χ1v) is 11.3. The molecule has 0 aliphatic heterocycles. The number of aromatic nitrogens is 1. The van der Waals surface area contributed by atoms with Gasteiger partial charge in [0.1, 0.15) is 0 Å². The van der Waals surface area contributed by atoms with Crippen LogP contribution < -0.4 is 5.32 Å². The van der Waals surface area contributed by atoms with E-state index in [1.807, 2.05) is 42.3 Å². The molecule has 1 heterocycles. The Hall–Kier alpha value is -2.41. The third-order valence-electron chi connectivity index (χ3n) is 5.25. The van der Waals surface area contributed by atoms with Gasteiger partial charge in [0.2, 0.25) is 0 Å². The smallest absolute Gasteiger partial charge is 0.316 e. The fourth-order valence-electron chi connectivity index (χ4n) is 3.69. The molecule has 32 heavy (non-hydrogen) atoms. The standard InChI is InChI=1S/C25H22ClF3N2S/c1-16-6-8-18(23(26)10-16)11-17-7-9-22-19(14-30-2)15-31(24(22)12-17)32-21-5-3-4-20(13-21)25(27,28)29/h3-10,12-13,15,30H,11,14H2,1-2H3. The summed E-state index contributed by atoms with van der Waals surface area (Å²) in [5.41, 5.74) is 4.63. The van der Waals surface area contributed by atoms with Crippen LogP contribution in [0.1, 0.15) is 27.8 Å². The summed E-state index contributed by atoms with van der Waals surface area (Å²) in [6.07, 6.45) is -1.71. The van der Waals surface area contributed by atoms with Gasteiger partial charge in [-0.2, -0.15) is 13.2 Å². The largest absolute Gasteiger partial charge is 0.416 e. The molecule has 0 saturated heterocycles. The summed E-state index contributed by atoms with van der Waals surface area (Å²) in [4.78, 5) is 0.528. The number of alkyl halides is 3. The van der Waals surface area contributed by atoms with Crippen LogP contribution in [0.4, 0.5) is 13.2 Å². The lowest BCUT2D eigenvalue weighted by atomic mass is 10.0. The molecule has 0 amide bonds. The molecule has 0 unspecified atom stereocenters. The number of benzene rings is 3. The molecule has 3 aromatic carbocycles. The molecule has 166 valence electrons. The second-order valence-electron chi connectivity index (χ2n) is 7.75. The van der Waals surface area contributed by atoms with Gasteiger partial charge in [0.25, 0.3) is 0 Å². The number of nitrogens with one attached hydrogen (secondary N) is 1. The average Bonchev–Trinajstić information content (AvgIpc) is 3.07. The van der Waals surface area contributed by atoms with Crippen molar-refractivity contribution in [1.82, 2.24) is 9.29 Å². The zero-order chi connectivity index (χ0) is 22.9. The van der Waals surface area contributed by atoms with Crippen molar-refractivity contribution in [2.45, 2.75) is 31.0 Å². The Bertz CT molecular complexity index is 1260. The highest BCUT2D eigenvalue weighted by molar-refractivity contribution is 7.98. The fraction of sp³-hybridized carbons (Fsp3) is 0.200. The minimum absolute atomic E-state index is 0.528. The van der Waals surface area contributed by atoms with E-state index in [0.717, 1.165) is 44.2 Å².